The number of halogens is 1. The molecule has 0 saturated heterocycles. The van der Waals surface area contributed by atoms with Crippen LogP contribution in [-0.2, 0) is 22.8 Å². The van der Waals surface area contributed by atoms with Crippen LogP contribution in [0.5, 0.6) is 5.75 Å². The average Bonchev–Trinajstić information content (AvgIpc) is 2.89. The Kier molecular flexibility index (Phi) is 8.77. The van der Waals surface area contributed by atoms with Crippen LogP contribution in [0.3, 0.4) is 0 Å². The van der Waals surface area contributed by atoms with Gasteiger partial charge in [-0.15, -0.1) is 0 Å². The highest BCUT2D eigenvalue weighted by atomic mass is 35.5. The summed E-state index contributed by atoms with van der Waals surface area (Å²) >= 11 is 6.40. The molecule has 0 unspecified atom stereocenters. The van der Waals surface area contributed by atoms with Crippen LogP contribution in [0.1, 0.15) is 25.0 Å². The van der Waals surface area contributed by atoms with Gasteiger partial charge < -0.3 is 20.3 Å². The third-order valence-electron chi connectivity index (χ3n) is 6.53. The molecule has 9 nitrogen and oxygen atoms in total. The predicted molar refractivity (Wildman–Crippen MR) is 153 cm³/mol. The first kappa shape index (κ1) is 28.1. The number of anilines is 4. The van der Waals surface area contributed by atoms with E-state index in [9.17, 15) is 8.42 Å². The van der Waals surface area contributed by atoms with Gasteiger partial charge in [0.15, 0.2) is 15.7 Å². The van der Waals surface area contributed by atoms with Gasteiger partial charge in [-0.3, -0.25) is 4.90 Å². The summed E-state index contributed by atoms with van der Waals surface area (Å²) in [6.45, 7) is 7.19. The second-order valence-electron chi connectivity index (χ2n) is 9.88. The monoisotopic (exact) mass is 558 g/mol. The maximum atomic E-state index is 12.9. The van der Waals surface area contributed by atoms with Crippen LogP contribution in [0.2, 0.25) is 5.02 Å². The Morgan fingerprint density at radius 3 is 2.61 bits per heavy atom. The molecule has 11 heteroatoms. The molecule has 0 bridgehead atoms. The number of sulfone groups is 1. The summed E-state index contributed by atoms with van der Waals surface area (Å²) in [6.07, 6.45) is 2.44. The van der Waals surface area contributed by atoms with Crippen molar-refractivity contribution in [2.75, 3.05) is 51.5 Å². The van der Waals surface area contributed by atoms with Crippen molar-refractivity contribution in [2.24, 2.45) is 0 Å². The highest BCUT2D eigenvalue weighted by Gasteiger charge is 2.23. The van der Waals surface area contributed by atoms with Gasteiger partial charge in [0.25, 0.3) is 0 Å². The fourth-order valence-corrected chi connectivity index (χ4v) is 5.62. The number of rotatable bonds is 10. The fraction of sp³-hybridized carbons (Fsp3) is 0.407. The summed E-state index contributed by atoms with van der Waals surface area (Å²) < 4.78 is 31.4. The molecule has 2 aromatic carbocycles. The van der Waals surface area contributed by atoms with Crippen LogP contribution in [0.15, 0.2) is 47.5 Å². The zero-order valence-electron chi connectivity index (χ0n) is 22.5. The van der Waals surface area contributed by atoms with Crippen LogP contribution in [0.4, 0.5) is 23.1 Å². The second-order valence-corrected chi connectivity index (χ2v) is 12.8. The lowest BCUT2D eigenvalue weighted by molar-refractivity contribution is 0.225. The van der Waals surface area contributed by atoms with E-state index in [-0.39, 0.29) is 9.92 Å². The largest absolute Gasteiger partial charge is 0.495 e. The van der Waals surface area contributed by atoms with E-state index in [2.05, 4.69) is 56.6 Å². The Morgan fingerprint density at radius 2 is 1.89 bits per heavy atom. The smallest absolute Gasteiger partial charge is 0.229 e. The van der Waals surface area contributed by atoms with Crippen LogP contribution < -0.4 is 15.4 Å². The molecule has 3 aromatic rings. The van der Waals surface area contributed by atoms with Gasteiger partial charge in [0, 0.05) is 26.2 Å². The standard InChI is InChI=1S/C27H35ClN6O3S/c1-18(2)38(35,36)25-9-7-6-8-22(25)30-26-21(28)16-29-27(32-26)31-23-14-20-17-34(13-12-33(3)4)11-10-19(20)15-24(23)37-5/h6-9,14-16,18H,10-13,17H2,1-5H3,(H2,29,30,31,32). The minimum absolute atomic E-state index is 0.189. The minimum Gasteiger partial charge on any atom is -0.495 e. The molecule has 0 fully saturated rings. The quantitative estimate of drug-likeness (QED) is 0.366. The number of methoxy groups -OCH3 is 1. The molecule has 0 radical (unpaired) electrons. The van der Waals surface area contributed by atoms with Crippen molar-refractivity contribution in [3.8, 4) is 5.75 Å². The van der Waals surface area contributed by atoms with E-state index in [4.69, 9.17) is 16.3 Å². The van der Waals surface area contributed by atoms with E-state index in [1.165, 1.54) is 17.3 Å². The highest BCUT2D eigenvalue weighted by molar-refractivity contribution is 7.92. The van der Waals surface area contributed by atoms with Crippen molar-refractivity contribution >= 4 is 44.6 Å². The molecule has 0 saturated carbocycles. The zero-order chi connectivity index (χ0) is 27.4. The molecule has 0 atom stereocenters. The SMILES string of the molecule is COc1cc2c(cc1Nc1ncc(Cl)c(Nc3ccccc3S(=O)(=O)C(C)C)n1)CN(CCN(C)C)CC2. The first-order valence-corrected chi connectivity index (χ1v) is 14.5. The Hall–Kier alpha value is -2.92. The lowest BCUT2D eigenvalue weighted by Gasteiger charge is -2.30. The van der Waals surface area contributed by atoms with Crippen molar-refractivity contribution in [1.29, 1.82) is 0 Å². The van der Waals surface area contributed by atoms with Gasteiger partial charge in [-0.25, -0.2) is 13.4 Å². The third kappa shape index (κ3) is 6.37. The Morgan fingerprint density at radius 1 is 1.13 bits per heavy atom. The number of hydrogen-bond acceptors (Lipinski definition) is 9. The molecule has 0 spiro atoms. The number of hydrogen-bond donors (Lipinski definition) is 2. The first-order chi connectivity index (χ1) is 18.1. The summed E-state index contributed by atoms with van der Waals surface area (Å²) in [4.78, 5) is 13.7. The molecule has 1 aliphatic heterocycles. The molecule has 204 valence electrons. The Bertz CT molecular complexity index is 1400. The second kappa shape index (κ2) is 11.9. The number of ether oxygens (including phenoxy) is 1. The normalized spacial score (nSPS) is 14.0. The molecule has 38 heavy (non-hydrogen) atoms. The molecule has 2 heterocycles. The van der Waals surface area contributed by atoms with Gasteiger partial charge >= 0.3 is 0 Å². The molecule has 4 rings (SSSR count). The van der Waals surface area contributed by atoms with Gasteiger partial charge in [-0.2, -0.15) is 4.98 Å². The summed E-state index contributed by atoms with van der Waals surface area (Å²) in [7, 11) is 2.29. The lowest BCUT2D eigenvalue weighted by atomic mass is 9.98. The molecular formula is C27H35ClN6O3S. The molecule has 1 aliphatic rings. The van der Waals surface area contributed by atoms with Crippen molar-refractivity contribution < 1.29 is 13.2 Å². The molecule has 0 amide bonds. The number of nitrogens with one attached hydrogen (secondary N) is 2. The molecule has 0 aliphatic carbocycles. The van der Waals surface area contributed by atoms with E-state index in [1.807, 2.05) is 0 Å². The third-order valence-corrected chi connectivity index (χ3v) is 9.02. The number of benzene rings is 2. The van der Waals surface area contributed by atoms with Crippen molar-refractivity contribution in [3.05, 3.63) is 58.7 Å². The number of likely N-dealkylation sites (N-methyl/N-ethyl adjacent to an activating group) is 1. The summed E-state index contributed by atoms with van der Waals surface area (Å²) in [5, 5.41) is 6.05. The summed E-state index contributed by atoms with van der Waals surface area (Å²) in [5.74, 6) is 1.30. The van der Waals surface area contributed by atoms with E-state index in [1.54, 1.807) is 45.2 Å². The predicted octanol–water partition coefficient (Wildman–Crippen LogP) is 4.73. The van der Waals surface area contributed by atoms with Gasteiger partial charge in [-0.1, -0.05) is 23.7 Å². The average molecular weight is 559 g/mol. The van der Waals surface area contributed by atoms with Crippen LogP contribution >= 0.6 is 11.6 Å². The molecule has 1 aromatic heterocycles. The van der Waals surface area contributed by atoms with Crippen molar-refractivity contribution in [3.63, 3.8) is 0 Å². The van der Waals surface area contributed by atoms with Crippen molar-refractivity contribution in [2.45, 2.75) is 37.0 Å². The summed E-state index contributed by atoms with van der Waals surface area (Å²) in [5.41, 5.74) is 3.66. The minimum atomic E-state index is -3.52. The van der Waals surface area contributed by atoms with E-state index < -0.39 is 15.1 Å². The van der Waals surface area contributed by atoms with Crippen molar-refractivity contribution in [1.82, 2.24) is 19.8 Å². The number of para-hydroxylation sites is 1. The number of fused-ring (bicyclic) bond motifs is 1. The Balaban J connectivity index is 1.60. The van der Waals surface area contributed by atoms with E-state index in [0.29, 0.717) is 23.2 Å². The van der Waals surface area contributed by atoms with E-state index in [0.717, 1.165) is 38.3 Å². The van der Waals surface area contributed by atoms with Crippen LogP contribution in [-0.4, -0.2) is 74.3 Å². The molecule has 2 N–H and O–H groups in total. The number of aromatic nitrogens is 2. The number of nitrogens with zero attached hydrogens (tertiary/aromatic N) is 4. The van der Waals surface area contributed by atoms with E-state index >= 15 is 0 Å². The zero-order valence-corrected chi connectivity index (χ0v) is 24.0. The van der Waals surface area contributed by atoms with Gasteiger partial charge in [0.1, 0.15) is 10.8 Å². The fourth-order valence-electron chi connectivity index (χ4n) is 4.28. The lowest BCUT2D eigenvalue weighted by Crippen LogP contribution is -2.35. The maximum Gasteiger partial charge on any atom is 0.229 e. The first-order valence-electron chi connectivity index (χ1n) is 12.5. The Labute approximate surface area is 230 Å². The van der Waals surface area contributed by atoms with Crippen LogP contribution in [0.25, 0.3) is 0 Å². The summed E-state index contributed by atoms with van der Waals surface area (Å²) in [6, 6.07) is 10.9. The topological polar surface area (TPSA) is 99.7 Å². The van der Waals surface area contributed by atoms with Gasteiger partial charge in [0.2, 0.25) is 5.95 Å². The molecular weight excluding hydrogens is 524 g/mol. The maximum absolute atomic E-state index is 12.9. The van der Waals surface area contributed by atoms with Crippen LogP contribution in [0, 0.1) is 0 Å². The highest BCUT2D eigenvalue weighted by Crippen LogP contribution is 2.34. The van der Waals surface area contributed by atoms with Gasteiger partial charge in [0.05, 0.1) is 34.8 Å². The van der Waals surface area contributed by atoms with Gasteiger partial charge in [-0.05, 0) is 69.8 Å².